The number of phenolic OH excluding ortho intramolecular Hbond substituents is 1. The molecule has 11 heteroatoms. The Morgan fingerprint density at radius 1 is 0.970 bits per heavy atom. The molecule has 3 aromatic rings. The normalized spacial score (nSPS) is 12.4. The van der Waals surface area contributed by atoms with Crippen molar-refractivity contribution in [3.63, 3.8) is 0 Å². The lowest BCUT2D eigenvalue weighted by Crippen LogP contribution is -2.23. The molecular weight excluding hydrogens is 466 g/mol. The zero-order valence-corrected chi connectivity index (χ0v) is 19.9. The summed E-state index contributed by atoms with van der Waals surface area (Å²) in [5.74, 6) is -1.53. The quantitative estimate of drug-likeness (QED) is 0.349. The fourth-order valence-electron chi connectivity index (χ4n) is 3.51. The molecule has 1 amide bonds. The predicted octanol–water partition coefficient (Wildman–Crippen LogP) is 2.78. The summed E-state index contributed by atoms with van der Waals surface area (Å²) in [7, 11) is -8.12. The lowest BCUT2D eigenvalue weighted by Gasteiger charge is -2.08. The van der Waals surface area contributed by atoms with Crippen molar-refractivity contribution < 1.29 is 26.7 Å². The third-order valence-corrected chi connectivity index (χ3v) is 8.92. The zero-order valence-electron chi connectivity index (χ0n) is 18.2. The van der Waals surface area contributed by atoms with Crippen LogP contribution in [0.15, 0.2) is 63.6 Å². The van der Waals surface area contributed by atoms with Gasteiger partial charge in [-0.2, -0.15) is 5.10 Å². The third kappa shape index (κ3) is 4.93. The van der Waals surface area contributed by atoms with Crippen molar-refractivity contribution in [1.29, 1.82) is 0 Å². The topological polar surface area (TPSA) is 134 Å². The third-order valence-electron chi connectivity index (χ3n) is 4.84. The van der Waals surface area contributed by atoms with Crippen LogP contribution >= 0.6 is 0 Å². The van der Waals surface area contributed by atoms with E-state index in [1.807, 2.05) is 0 Å². The number of aromatic hydroxyl groups is 1. The first-order valence-electron chi connectivity index (χ1n) is 10.3. The average Bonchev–Trinajstić information content (AvgIpc) is 3.12. The molecule has 0 aliphatic rings. The van der Waals surface area contributed by atoms with Gasteiger partial charge in [-0.05, 0) is 37.1 Å². The van der Waals surface area contributed by atoms with Crippen LogP contribution in [0.5, 0.6) is 5.75 Å². The summed E-state index contributed by atoms with van der Waals surface area (Å²) in [5.41, 5.74) is 2.37. The maximum Gasteiger partial charge on any atom is 0.289 e. The Bertz CT molecular complexity index is 1420. The van der Waals surface area contributed by atoms with Gasteiger partial charge in [0.05, 0.1) is 23.2 Å². The molecular formula is C22H25N3O6S2. The van der Waals surface area contributed by atoms with Crippen molar-refractivity contribution in [3.05, 3.63) is 59.9 Å². The van der Waals surface area contributed by atoms with Gasteiger partial charge in [-0.3, -0.25) is 4.79 Å². The number of nitrogens with zero attached hydrogens (tertiary/aromatic N) is 2. The number of hydrogen-bond donors (Lipinski definition) is 2. The summed E-state index contributed by atoms with van der Waals surface area (Å²) in [6.45, 7) is 3.33. The maximum absolute atomic E-state index is 13.2. The van der Waals surface area contributed by atoms with E-state index in [1.165, 1.54) is 28.9 Å². The van der Waals surface area contributed by atoms with E-state index in [0.717, 1.165) is 0 Å². The van der Waals surface area contributed by atoms with Gasteiger partial charge in [0.1, 0.15) is 21.2 Å². The van der Waals surface area contributed by atoms with Gasteiger partial charge in [0.25, 0.3) is 5.91 Å². The molecule has 9 nitrogen and oxygen atoms in total. The Balaban J connectivity index is 2.22. The Morgan fingerprint density at radius 2 is 1.58 bits per heavy atom. The Labute approximate surface area is 192 Å². The first-order chi connectivity index (χ1) is 15.6. The minimum absolute atomic E-state index is 0.0530. The molecule has 0 spiro atoms. The highest BCUT2D eigenvalue weighted by molar-refractivity contribution is 7.94. The molecule has 2 N–H and O–H groups in total. The molecule has 0 atom stereocenters. The summed E-state index contributed by atoms with van der Waals surface area (Å²) in [4.78, 5) is 12.3. The molecule has 0 saturated heterocycles. The van der Waals surface area contributed by atoms with E-state index in [0.29, 0.717) is 5.56 Å². The zero-order chi connectivity index (χ0) is 24.2. The molecule has 0 aliphatic carbocycles. The molecule has 0 unspecified atom stereocenters. The SMILES string of the molecule is CCCS(=O)(=O)c1c(S(=O)(=O)CCC)c2ccccn2c1C(=O)N/N=C/c1ccccc1O. The van der Waals surface area contributed by atoms with Crippen LogP contribution in [0.1, 0.15) is 42.7 Å². The highest BCUT2D eigenvalue weighted by atomic mass is 32.2. The first kappa shape index (κ1) is 24.5. The van der Waals surface area contributed by atoms with Crippen molar-refractivity contribution in [2.24, 2.45) is 5.10 Å². The van der Waals surface area contributed by atoms with Crippen LogP contribution in [-0.4, -0.2) is 50.0 Å². The smallest absolute Gasteiger partial charge is 0.289 e. The van der Waals surface area contributed by atoms with Crippen molar-refractivity contribution >= 4 is 37.3 Å². The summed E-state index contributed by atoms with van der Waals surface area (Å²) in [6, 6.07) is 10.9. The maximum atomic E-state index is 13.2. The first-order valence-corrected chi connectivity index (χ1v) is 13.6. The number of para-hydroxylation sites is 1. The number of hydrogen-bond acceptors (Lipinski definition) is 7. The molecule has 0 radical (unpaired) electrons. The molecule has 0 fully saturated rings. The van der Waals surface area contributed by atoms with Gasteiger partial charge >= 0.3 is 0 Å². The number of hydrazone groups is 1. The summed E-state index contributed by atoms with van der Waals surface area (Å²) in [6.07, 6.45) is 3.17. The van der Waals surface area contributed by atoms with Gasteiger partial charge < -0.3 is 9.51 Å². The number of phenols is 1. The van der Waals surface area contributed by atoms with Crippen LogP contribution in [0.4, 0.5) is 0 Å². The minimum atomic E-state index is -4.12. The molecule has 2 heterocycles. The van der Waals surface area contributed by atoms with Crippen LogP contribution in [0.25, 0.3) is 5.52 Å². The number of benzene rings is 1. The van der Waals surface area contributed by atoms with E-state index in [2.05, 4.69) is 10.5 Å². The van der Waals surface area contributed by atoms with Crippen molar-refractivity contribution in [2.45, 2.75) is 36.5 Å². The average molecular weight is 492 g/mol. The lowest BCUT2D eigenvalue weighted by atomic mass is 10.2. The standard InChI is InChI=1S/C22H25N3O6S2/c1-3-13-32(28,29)20-17-10-7-8-12-25(17)19(21(20)33(30,31)14-4-2)22(27)24-23-15-16-9-5-6-11-18(16)26/h5-12,15,26H,3-4,13-14H2,1-2H3,(H,24,27)/b23-15+. The van der Waals surface area contributed by atoms with Crippen molar-refractivity contribution in [1.82, 2.24) is 9.83 Å². The van der Waals surface area contributed by atoms with Gasteiger partial charge in [0.2, 0.25) is 0 Å². The van der Waals surface area contributed by atoms with Gasteiger partial charge in [-0.25, -0.2) is 22.3 Å². The molecule has 0 saturated carbocycles. The number of sulfone groups is 2. The molecule has 0 bridgehead atoms. The number of carbonyl (C=O) groups excluding carboxylic acids is 1. The number of amides is 1. The molecule has 33 heavy (non-hydrogen) atoms. The van der Waals surface area contributed by atoms with Gasteiger partial charge in [0, 0.05) is 11.8 Å². The van der Waals surface area contributed by atoms with Crippen LogP contribution in [0.3, 0.4) is 0 Å². The summed E-state index contributed by atoms with van der Waals surface area (Å²) >= 11 is 0. The second kappa shape index (κ2) is 9.75. The van der Waals surface area contributed by atoms with Gasteiger partial charge in [0.15, 0.2) is 19.7 Å². The van der Waals surface area contributed by atoms with Crippen LogP contribution in [0, 0.1) is 0 Å². The highest BCUT2D eigenvalue weighted by Gasteiger charge is 2.36. The number of aromatic nitrogens is 1. The molecule has 0 aliphatic heterocycles. The largest absolute Gasteiger partial charge is 0.507 e. The molecule has 2 aromatic heterocycles. The van der Waals surface area contributed by atoms with E-state index in [-0.39, 0.29) is 46.2 Å². The van der Waals surface area contributed by atoms with Crippen LogP contribution < -0.4 is 5.43 Å². The van der Waals surface area contributed by atoms with Gasteiger partial charge in [-0.1, -0.05) is 32.0 Å². The predicted molar refractivity (Wildman–Crippen MR) is 125 cm³/mol. The van der Waals surface area contributed by atoms with Crippen molar-refractivity contribution in [2.75, 3.05) is 11.5 Å². The summed E-state index contributed by atoms with van der Waals surface area (Å²) < 4.78 is 53.9. The number of carbonyl (C=O) groups is 1. The number of pyridine rings is 1. The highest BCUT2D eigenvalue weighted by Crippen LogP contribution is 2.34. The van der Waals surface area contributed by atoms with Crippen LogP contribution in [0.2, 0.25) is 0 Å². The van der Waals surface area contributed by atoms with E-state index in [9.17, 15) is 26.7 Å². The number of fused-ring (bicyclic) bond motifs is 1. The second-order valence-electron chi connectivity index (χ2n) is 7.36. The number of nitrogens with one attached hydrogen (secondary N) is 1. The van der Waals surface area contributed by atoms with Gasteiger partial charge in [-0.15, -0.1) is 0 Å². The fraction of sp³-hybridized carbons (Fsp3) is 0.273. The van der Waals surface area contributed by atoms with E-state index >= 15 is 0 Å². The van der Waals surface area contributed by atoms with Crippen LogP contribution in [-0.2, 0) is 19.7 Å². The fourth-order valence-corrected chi connectivity index (χ4v) is 7.49. The Kier molecular flexibility index (Phi) is 7.23. The summed E-state index contributed by atoms with van der Waals surface area (Å²) in [5, 5.41) is 13.7. The lowest BCUT2D eigenvalue weighted by molar-refractivity contribution is 0.0945. The second-order valence-corrected chi connectivity index (χ2v) is 11.5. The van der Waals surface area contributed by atoms with E-state index in [4.69, 9.17) is 0 Å². The van der Waals surface area contributed by atoms with E-state index < -0.39 is 30.5 Å². The molecule has 176 valence electrons. The molecule has 3 rings (SSSR count). The Hall–Kier alpha value is -3.18. The van der Waals surface area contributed by atoms with E-state index in [1.54, 1.807) is 44.2 Å². The Morgan fingerprint density at radius 3 is 2.21 bits per heavy atom. The number of rotatable bonds is 9. The molecule has 1 aromatic carbocycles. The van der Waals surface area contributed by atoms with Crippen molar-refractivity contribution in [3.8, 4) is 5.75 Å². The monoisotopic (exact) mass is 491 g/mol. The minimum Gasteiger partial charge on any atom is -0.507 e.